The Hall–Kier alpha value is -6.18. The number of benzene rings is 7. The Bertz CT molecular complexity index is 2590. The van der Waals surface area contributed by atoms with Crippen molar-refractivity contribution in [1.82, 2.24) is 0 Å². The number of rotatable bonds is 6. The highest BCUT2D eigenvalue weighted by Crippen LogP contribution is 2.63. The Morgan fingerprint density at radius 2 is 1.08 bits per heavy atom. The van der Waals surface area contributed by atoms with Crippen molar-refractivity contribution < 1.29 is 0 Å². The summed E-state index contributed by atoms with van der Waals surface area (Å²) in [5, 5.41) is 0. The molecule has 1 heteroatoms. The van der Waals surface area contributed by atoms with E-state index in [9.17, 15) is 0 Å². The molecule has 1 saturated carbocycles. The van der Waals surface area contributed by atoms with E-state index in [1.165, 1.54) is 79.0 Å². The zero-order valence-electron chi connectivity index (χ0n) is 29.6. The van der Waals surface area contributed by atoms with Crippen LogP contribution in [0.3, 0.4) is 0 Å². The van der Waals surface area contributed by atoms with E-state index in [1.807, 2.05) is 0 Å². The maximum atomic E-state index is 2.47. The third kappa shape index (κ3) is 5.06. The summed E-state index contributed by atoms with van der Waals surface area (Å²) in [6.45, 7) is 0. The lowest BCUT2D eigenvalue weighted by atomic mass is 9.79. The van der Waals surface area contributed by atoms with E-state index >= 15 is 0 Å². The van der Waals surface area contributed by atoms with Crippen LogP contribution in [0.2, 0.25) is 0 Å². The smallest absolute Gasteiger partial charge is 0.0461 e. The van der Waals surface area contributed by atoms with Gasteiger partial charge in [-0.05, 0) is 134 Å². The summed E-state index contributed by atoms with van der Waals surface area (Å²) in [5.74, 6) is 1.71. The predicted molar refractivity (Wildman–Crippen MR) is 221 cm³/mol. The number of allylic oxidation sites excluding steroid dienone is 3. The molecule has 1 fully saturated rings. The van der Waals surface area contributed by atoms with Gasteiger partial charge in [0, 0.05) is 23.0 Å². The third-order valence-electron chi connectivity index (χ3n) is 12.2. The average molecular weight is 678 g/mol. The Balaban J connectivity index is 0.942. The lowest BCUT2D eigenvalue weighted by molar-refractivity contribution is 0.816. The van der Waals surface area contributed by atoms with E-state index in [0.29, 0.717) is 17.8 Å². The minimum Gasteiger partial charge on any atom is -0.311 e. The summed E-state index contributed by atoms with van der Waals surface area (Å²) in [6, 6.07) is 60.7. The van der Waals surface area contributed by atoms with Crippen molar-refractivity contribution in [2.24, 2.45) is 0 Å². The Kier molecular flexibility index (Phi) is 7.01. The number of hydrogen-bond acceptors (Lipinski definition) is 1. The molecule has 0 saturated heterocycles. The van der Waals surface area contributed by atoms with Gasteiger partial charge in [-0.1, -0.05) is 152 Å². The van der Waals surface area contributed by atoms with Gasteiger partial charge in [-0.2, -0.15) is 0 Å². The lowest BCUT2D eigenvalue weighted by Crippen LogP contribution is -2.17. The molecule has 53 heavy (non-hydrogen) atoms. The largest absolute Gasteiger partial charge is 0.311 e. The van der Waals surface area contributed by atoms with E-state index in [4.69, 9.17) is 0 Å². The second-order valence-electron chi connectivity index (χ2n) is 15.1. The SMILES string of the molecule is C1=CC(c2cccc3c2C2CC2c2ccccc2-3)CC=C1N(c1ccc(-c2ccccc2)cc1)c1ccc(-c2cccc3c2Cc2ccccc2-3)cc1. The van der Waals surface area contributed by atoms with Gasteiger partial charge in [0.2, 0.25) is 0 Å². The lowest BCUT2D eigenvalue weighted by Gasteiger charge is -2.30. The maximum absolute atomic E-state index is 2.47. The standard InChI is InChI=1S/C52H39N/c1-2-10-34(11-3-1)35-20-26-39(27-21-35)53(40-28-22-36(23-29-40)42-16-8-18-45-43-13-5-4-12-38(43)32-49(42)45)41-30-24-37(25-31-41)44-17-9-19-48-46-14-6-7-15-47(46)50-33-51(50)52(44)48/h1-24,26-31,37,50-51H,25,32-33H2. The Morgan fingerprint density at radius 1 is 0.453 bits per heavy atom. The van der Waals surface area contributed by atoms with E-state index in [0.717, 1.165) is 18.5 Å². The van der Waals surface area contributed by atoms with Crippen LogP contribution in [0, 0.1) is 0 Å². The highest BCUT2D eigenvalue weighted by atomic mass is 15.1. The minimum atomic E-state index is 0.370. The van der Waals surface area contributed by atoms with E-state index in [2.05, 4.69) is 187 Å². The summed E-state index contributed by atoms with van der Waals surface area (Å²) >= 11 is 0. The Morgan fingerprint density at radius 3 is 1.87 bits per heavy atom. The van der Waals surface area contributed by atoms with E-state index in [-0.39, 0.29) is 0 Å². The molecule has 1 nitrogen and oxygen atoms in total. The third-order valence-corrected chi connectivity index (χ3v) is 12.2. The number of anilines is 2. The van der Waals surface area contributed by atoms with Gasteiger partial charge in [-0.3, -0.25) is 0 Å². The van der Waals surface area contributed by atoms with Gasteiger partial charge in [0.1, 0.15) is 0 Å². The van der Waals surface area contributed by atoms with Gasteiger partial charge in [-0.15, -0.1) is 0 Å². The van der Waals surface area contributed by atoms with Gasteiger partial charge in [-0.25, -0.2) is 0 Å². The van der Waals surface area contributed by atoms with Crippen molar-refractivity contribution in [2.75, 3.05) is 4.90 Å². The van der Waals surface area contributed by atoms with Gasteiger partial charge in [0.05, 0.1) is 0 Å². The van der Waals surface area contributed by atoms with Crippen LogP contribution >= 0.6 is 0 Å². The second-order valence-corrected chi connectivity index (χ2v) is 15.1. The molecule has 0 N–H and O–H groups in total. The number of nitrogens with zero attached hydrogens (tertiary/aromatic N) is 1. The fourth-order valence-electron chi connectivity index (χ4n) is 9.58. The molecule has 4 aliphatic carbocycles. The molecule has 4 aliphatic rings. The highest BCUT2D eigenvalue weighted by Gasteiger charge is 2.46. The summed E-state index contributed by atoms with van der Waals surface area (Å²) in [5.41, 5.74) is 21.8. The molecular weight excluding hydrogens is 639 g/mol. The maximum Gasteiger partial charge on any atom is 0.0461 e. The molecule has 0 aliphatic heterocycles. The van der Waals surface area contributed by atoms with Gasteiger partial charge < -0.3 is 4.90 Å². The van der Waals surface area contributed by atoms with Gasteiger partial charge in [0.25, 0.3) is 0 Å². The highest BCUT2D eigenvalue weighted by molar-refractivity contribution is 5.86. The molecule has 0 aromatic heterocycles. The molecule has 3 atom stereocenters. The second kappa shape index (κ2) is 12.2. The summed E-state index contributed by atoms with van der Waals surface area (Å²) in [6.07, 6.45) is 10.5. The molecule has 7 aromatic carbocycles. The normalized spacial score (nSPS) is 18.6. The average Bonchev–Trinajstić information content (AvgIpc) is 3.95. The van der Waals surface area contributed by atoms with Crippen LogP contribution in [0.4, 0.5) is 11.4 Å². The minimum absolute atomic E-state index is 0.370. The van der Waals surface area contributed by atoms with Crippen LogP contribution in [0.15, 0.2) is 188 Å². The zero-order chi connectivity index (χ0) is 34.9. The Labute approximate surface area is 312 Å². The molecule has 0 radical (unpaired) electrons. The summed E-state index contributed by atoms with van der Waals surface area (Å²) in [4.78, 5) is 2.43. The van der Waals surface area contributed by atoms with Crippen molar-refractivity contribution >= 4 is 11.4 Å². The molecule has 7 aromatic rings. The summed E-state index contributed by atoms with van der Waals surface area (Å²) in [7, 11) is 0. The van der Waals surface area contributed by atoms with Crippen molar-refractivity contribution in [3.8, 4) is 44.5 Å². The first-order chi connectivity index (χ1) is 26.3. The monoisotopic (exact) mass is 677 g/mol. The van der Waals surface area contributed by atoms with Crippen LogP contribution in [-0.4, -0.2) is 0 Å². The van der Waals surface area contributed by atoms with Crippen LogP contribution in [0.5, 0.6) is 0 Å². The van der Waals surface area contributed by atoms with Crippen LogP contribution in [-0.2, 0) is 6.42 Å². The van der Waals surface area contributed by atoms with Gasteiger partial charge >= 0.3 is 0 Å². The predicted octanol–water partition coefficient (Wildman–Crippen LogP) is 13.6. The van der Waals surface area contributed by atoms with Crippen molar-refractivity contribution in [3.05, 3.63) is 216 Å². The van der Waals surface area contributed by atoms with Crippen LogP contribution < -0.4 is 4.90 Å². The van der Waals surface area contributed by atoms with Crippen LogP contribution in [0.25, 0.3) is 44.5 Å². The molecule has 0 bridgehead atoms. The van der Waals surface area contributed by atoms with E-state index in [1.54, 1.807) is 11.1 Å². The van der Waals surface area contributed by atoms with Crippen molar-refractivity contribution in [2.45, 2.75) is 37.0 Å². The van der Waals surface area contributed by atoms with Gasteiger partial charge in [0.15, 0.2) is 0 Å². The first kappa shape index (κ1) is 30.4. The molecule has 252 valence electrons. The fourth-order valence-corrected chi connectivity index (χ4v) is 9.58. The molecule has 0 heterocycles. The number of fused-ring (bicyclic) bond motifs is 9. The molecule has 3 unspecified atom stereocenters. The molecule has 0 spiro atoms. The first-order valence-electron chi connectivity index (χ1n) is 19.2. The van der Waals surface area contributed by atoms with E-state index < -0.39 is 0 Å². The topological polar surface area (TPSA) is 3.24 Å². The number of hydrogen-bond donors (Lipinski definition) is 0. The zero-order valence-corrected chi connectivity index (χ0v) is 29.6. The van der Waals surface area contributed by atoms with Crippen LogP contribution in [0.1, 0.15) is 58.4 Å². The molecule has 0 amide bonds. The molecule has 11 rings (SSSR count). The first-order valence-corrected chi connectivity index (χ1v) is 19.2. The van der Waals surface area contributed by atoms with Crippen molar-refractivity contribution in [1.29, 1.82) is 0 Å². The van der Waals surface area contributed by atoms with Crippen molar-refractivity contribution in [3.63, 3.8) is 0 Å². The fraction of sp³-hybridized carbons (Fsp3) is 0.115. The summed E-state index contributed by atoms with van der Waals surface area (Å²) < 4.78 is 0. The molecular formula is C52H39N. The quantitative estimate of drug-likeness (QED) is 0.169.